The van der Waals surface area contributed by atoms with Gasteiger partial charge in [-0.05, 0) is 66.3 Å². The fourth-order valence-electron chi connectivity index (χ4n) is 5.19. The van der Waals surface area contributed by atoms with Gasteiger partial charge in [-0.1, -0.05) is 50.6 Å². The molecule has 1 aliphatic rings. The molecule has 0 aliphatic heterocycles. The number of carbonyl (C=O) groups is 2. The summed E-state index contributed by atoms with van der Waals surface area (Å²) in [5.74, 6) is -2.15. The normalized spacial score (nSPS) is 19.2. The molecule has 212 valence electrons. The smallest absolute Gasteiger partial charge is 0.330 e. The minimum Gasteiger partial charge on any atom is -0.466 e. The van der Waals surface area contributed by atoms with Gasteiger partial charge in [-0.15, -0.1) is 0 Å². The summed E-state index contributed by atoms with van der Waals surface area (Å²) in [6, 6.07) is 10.8. The highest BCUT2D eigenvalue weighted by atomic mass is 19.1. The first-order valence-corrected chi connectivity index (χ1v) is 13.3. The Morgan fingerprint density at radius 1 is 1.10 bits per heavy atom. The van der Waals surface area contributed by atoms with E-state index in [0.717, 1.165) is 17.2 Å². The van der Waals surface area contributed by atoms with E-state index < -0.39 is 29.3 Å². The highest BCUT2D eigenvalue weighted by Gasteiger charge is 2.37. The Hall–Kier alpha value is -3.10. The highest BCUT2D eigenvalue weighted by molar-refractivity contribution is 5.82. The average molecular weight is 543 g/mol. The standard InChI is InChI=1S/C31H40F2N2O4/c1-20(36)35-27(15-22-13-25(32)18-26(33)14-22)28(37)19-34-31(11-9-21(10-12-31)16-29(38)39-5)24-8-6-7-23(17-24)30(2,3)4/h6-8,13-14,16-18,27-28,34,37H,9-12,15,19H2,1-5H3,(H,35,36)/t27-,28+,31?/m0/s1. The van der Waals surface area contributed by atoms with E-state index in [9.17, 15) is 23.5 Å². The van der Waals surface area contributed by atoms with Crippen molar-refractivity contribution < 1.29 is 28.2 Å². The minimum atomic E-state index is -1.03. The summed E-state index contributed by atoms with van der Waals surface area (Å²) < 4.78 is 32.4. The average Bonchev–Trinajstić information content (AvgIpc) is 2.86. The van der Waals surface area contributed by atoms with E-state index in [1.165, 1.54) is 31.7 Å². The Morgan fingerprint density at radius 2 is 1.74 bits per heavy atom. The largest absolute Gasteiger partial charge is 0.466 e. The number of halogens is 2. The van der Waals surface area contributed by atoms with Crippen molar-refractivity contribution >= 4 is 11.9 Å². The maximum atomic E-state index is 13.8. The van der Waals surface area contributed by atoms with Crippen LogP contribution in [0.2, 0.25) is 0 Å². The van der Waals surface area contributed by atoms with Crippen molar-refractivity contribution in [1.29, 1.82) is 0 Å². The van der Waals surface area contributed by atoms with Crippen LogP contribution in [0.5, 0.6) is 0 Å². The van der Waals surface area contributed by atoms with Gasteiger partial charge in [0.25, 0.3) is 0 Å². The van der Waals surface area contributed by atoms with Crippen molar-refractivity contribution in [2.45, 2.75) is 82.9 Å². The molecule has 0 bridgehead atoms. The van der Waals surface area contributed by atoms with Gasteiger partial charge in [0.1, 0.15) is 11.6 Å². The van der Waals surface area contributed by atoms with Gasteiger partial charge < -0.3 is 20.5 Å². The van der Waals surface area contributed by atoms with Crippen molar-refractivity contribution in [3.05, 3.63) is 82.4 Å². The number of nitrogens with one attached hydrogen (secondary N) is 2. The Morgan fingerprint density at radius 3 is 2.31 bits per heavy atom. The molecule has 8 heteroatoms. The third-order valence-corrected chi connectivity index (χ3v) is 7.43. The lowest BCUT2D eigenvalue weighted by molar-refractivity contribution is -0.135. The van der Waals surface area contributed by atoms with Crippen molar-refractivity contribution in [3.63, 3.8) is 0 Å². The van der Waals surface area contributed by atoms with Crippen LogP contribution in [-0.4, -0.2) is 42.8 Å². The topological polar surface area (TPSA) is 87.7 Å². The van der Waals surface area contributed by atoms with Gasteiger partial charge in [0.05, 0.1) is 19.3 Å². The van der Waals surface area contributed by atoms with Crippen LogP contribution in [0.4, 0.5) is 8.78 Å². The van der Waals surface area contributed by atoms with Crippen molar-refractivity contribution in [3.8, 4) is 0 Å². The van der Waals surface area contributed by atoms with Crippen LogP contribution < -0.4 is 10.6 Å². The molecular weight excluding hydrogens is 502 g/mol. The summed E-state index contributed by atoms with van der Waals surface area (Å²) in [4.78, 5) is 23.7. The maximum Gasteiger partial charge on any atom is 0.330 e. The van der Waals surface area contributed by atoms with Gasteiger partial charge in [0.15, 0.2) is 0 Å². The SMILES string of the molecule is COC(=O)C=C1CCC(NC[C@@H](O)[C@H](Cc2cc(F)cc(F)c2)NC(C)=O)(c2cccc(C(C)(C)C)c2)CC1. The van der Waals surface area contributed by atoms with Gasteiger partial charge >= 0.3 is 5.97 Å². The molecule has 1 aliphatic carbocycles. The molecule has 3 rings (SSSR count). The number of ether oxygens (including phenoxy) is 1. The third-order valence-electron chi connectivity index (χ3n) is 7.43. The van der Waals surface area contributed by atoms with Crippen LogP contribution in [0, 0.1) is 11.6 Å². The van der Waals surface area contributed by atoms with Crippen LogP contribution in [0.3, 0.4) is 0 Å². The summed E-state index contributed by atoms with van der Waals surface area (Å²) in [5.41, 5.74) is 3.08. The van der Waals surface area contributed by atoms with Crippen molar-refractivity contribution in [1.82, 2.24) is 10.6 Å². The molecule has 2 atom stereocenters. The number of carbonyl (C=O) groups excluding carboxylic acids is 2. The molecule has 6 nitrogen and oxygen atoms in total. The van der Waals surface area contributed by atoms with Crippen LogP contribution >= 0.6 is 0 Å². The summed E-state index contributed by atoms with van der Waals surface area (Å²) in [7, 11) is 1.36. The predicted octanol–water partition coefficient (Wildman–Crippen LogP) is 4.83. The molecule has 3 N–H and O–H groups in total. The second kappa shape index (κ2) is 12.8. The lowest BCUT2D eigenvalue weighted by Gasteiger charge is -2.41. The van der Waals surface area contributed by atoms with Crippen LogP contribution in [0.15, 0.2) is 54.1 Å². The second-order valence-electron chi connectivity index (χ2n) is 11.5. The quantitative estimate of drug-likeness (QED) is 0.312. The van der Waals surface area contributed by atoms with Crippen molar-refractivity contribution in [2.75, 3.05) is 13.7 Å². The van der Waals surface area contributed by atoms with E-state index in [2.05, 4.69) is 49.6 Å². The first-order valence-electron chi connectivity index (χ1n) is 13.3. The van der Waals surface area contributed by atoms with Gasteiger partial charge in [0.2, 0.25) is 5.91 Å². The predicted molar refractivity (Wildman–Crippen MR) is 147 cm³/mol. The fraction of sp³-hybridized carbons (Fsp3) is 0.484. The van der Waals surface area contributed by atoms with E-state index in [1.54, 1.807) is 6.08 Å². The number of aliphatic hydroxyl groups excluding tert-OH is 1. The zero-order valence-corrected chi connectivity index (χ0v) is 23.4. The Balaban J connectivity index is 1.86. The summed E-state index contributed by atoms with van der Waals surface area (Å²) in [5, 5.41) is 17.5. The number of esters is 1. The number of amides is 1. The van der Waals surface area contributed by atoms with E-state index in [1.807, 2.05) is 6.07 Å². The zero-order chi connectivity index (χ0) is 28.8. The molecule has 1 fully saturated rings. The van der Waals surface area contributed by atoms with Crippen LogP contribution in [-0.2, 0) is 31.7 Å². The molecular formula is C31H40F2N2O4. The monoisotopic (exact) mass is 542 g/mol. The number of allylic oxidation sites excluding steroid dienone is 1. The molecule has 39 heavy (non-hydrogen) atoms. The molecule has 0 saturated heterocycles. The number of aliphatic hydroxyl groups is 1. The van der Waals surface area contributed by atoms with Gasteiger partial charge in [-0.3, -0.25) is 4.79 Å². The van der Waals surface area contributed by atoms with Gasteiger partial charge in [-0.2, -0.15) is 0 Å². The Kier molecular flexibility index (Phi) is 10.0. The maximum absolute atomic E-state index is 13.8. The van der Waals surface area contributed by atoms with Crippen LogP contribution in [0.1, 0.15) is 70.1 Å². The summed E-state index contributed by atoms with van der Waals surface area (Å²) in [6.07, 6.45) is 3.32. The molecule has 0 aromatic heterocycles. The van der Waals surface area contributed by atoms with Gasteiger partial charge in [-0.25, -0.2) is 13.6 Å². The number of hydrogen-bond acceptors (Lipinski definition) is 5. The molecule has 1 amide bonds. The van der Waals surface area contributed by atoms with Crippen molar-refractivity contribution in [2.24, 2.45) is 0 Å². The number of hydrogen-bond donors (Lipinski definition) is 3. The molecule has 2 aromatic carbocycles. The first-order chi connectivity index (χ1) is 18.3. The Bertz CT molecular complexity index is 1180. The Labute approximate surface area is 229 Å². The molecule has 0 heterocycles. The third kappa shape index (κ3) is 8.44. The number of methoxy groups -OCH3 is 1. The van der Waals surface area contributed by atoms with Crippen LogP contribution in [0.25, 0.3) is 0 Å². The minimum absolute atomic E-state index is 0.0575. The molecule has 2 aromatic rings. The van der Waals surface area contributed by atoms with Gasteiger partial charge in [0, 0.05) is 31.1 Å². The number of benzene rings is 2. The van der Waals surface area contributed by atoms with E-state index in [4.69, 9.17) is 4.74 Å². The second-order valence-corrected chi connectivity index (χ2v) is 11.5. The lowest BCUT2D eigenvalue weighted by Crippen LogP contribution is -2.53. The molecule has 0 unspecified atom stereocenters. The highest BCUT2D eigenvalue weighted by Crippen LogP contribution is 2.40. The fourth-order valence-corrected chi connectivity index (χ4v) is 5.19. The molecule has 1 saturated carbocycles. The summed E-state index contributed by atoms with van der Waals surface area (Å²) in [6.45, 7) is 7.94. The molecule has 0 radical (unpaired) electrons. The van der Waals surface area contributed by atoms with E-state index >= 15 is 0 Å². The van der Waals surface area contributed by atoms with E-state index in [0.29, 0.717) is 31.2 Å². The first kappa shape index (κ1) is 30.4. The number of rotatable bonds is 9. The summed E-state index contributed by atoms with van der Waals surface area (Å²) >= 11 is 0. The zero-order valence-electron chi connectivity index (χ0n) is 23.4. The molecule has 0 spiro atoms. The lowest BCUT2D eigenvalue weighted by atomic mass is 9.73. The van der Waals surface area contributed by atoms with E-state index in [-0.39, 0.29) is 30.3 Å².